The van der Waals surface area contributed by atoms with Crippen LogP contribution in [0.2, 0.25) is 0 Å². The molecule has 2 aliphatic rings. The van der Waals surface area contributed by atoms with Crippen LogP contribution in [0.5, 0.6) is 0 Å². The average molecular weight is 583 g/mol. The molecule has 41 heavy (non-hydrogen) atoms. The quantitative estimate of drug-likeness (QED) is 0.244. The van der Waals surface area contributed by atoms with Gasteiger partial charge in [0.15, 0.2) is 0 Å². The highest BCUT2D eigenvalue weighted by molar-refractivity contribution is 8.26. The summed E-state index contributed by atoms with van der Waals surface area (Å²) < 4.78 is 2.20. The standard InChI is InChI=1S/C33H34N4O2S2/c1-4-36-30(35-16-14-25(15-17-35)18-24-8-6-5-7-9-24)27(23(3)28(20-34)31(36)38)19-29-32(39)37(33(40)41-29)21-26-12-10-22(2)11-13-26/h5-13,19,25H,4,14-18,21H2,1-3H3/b29-19-. The summed E-state index contributed by atoms with van der Waals surface area (Å²) in [5, 5.41) is 9.90. The topological polar surface area (TPSA) is 69.3 Å². The average Bonchev–Trinajstić information content (AvgIpc) is 3.24. The maximum absolute atomic E-state index is 13.6. The molecule has 5 rings (SSSR count). The summed E-state index contributed by atoms with van der Waals surface area (Å²) in [6, 6.07) is 20.8. The van der Waals surface area contributed by atoms with Crippen molar-refractivity contribution in [1.29, 1.82) is 5.26 Å². The van der Waals surface area contributed by atoms with E-state index in [1.165, 1.54) is 17.3 Å². The Balaban J connectivity index is 1.47. The molecule has 6 nitrogen and oxygen atoms in total. The zero-order valence-electron chi connectivity index (χ0n) is 23.7. The van der Waals surface area contributed by atoms with Gasteiger partial charge in [-0.2, -0.15) is 5.26 Å². The number of hydrogen-bond acceptors (Lipinski definition) is 6. The minimum atomic E-state index is -0.280. The van der Waals surface area contributed by atoms with Gasteiger partial charge in [-0.25, -0.2) is 0 Å². The van der Waals surface area contributed by atoms with Gasteiger partial charge in [-0.1, -0.05) is 84.1 Å². The molecule has 1 aromatic heterocycles. The molecule has 0 spiro atoms. The maximum Gasteiger partial charge on any atom is 0.270 e. The molecule has 3 heterocycles. The SMILES string of the molecule is CCn1c(N2CCC(Cc3ccccc3)CC2)c(/C=C2\SC(=S)N(Cc3ccc(C)cc3)C2=O)c(C)c(C#N)c1=O. The number of aryl methyl sites for hydroxylation is 1. The highest BCUT2D eigenvalue weighted by Crippen LogP contribution is 2.37. The number of benzene rings is 2. The number of amides is 1. The van der Waals surface area contributed by atoms with Gasteiger partial charge in [0.2, 0.25) is 0 Å². The normalized spacial score (nSPS) is 17.0. The second-order valence-electron chi connectivity index (χ2n) is 10.8. The molecular weight excluding hydrogens is 549 g/mol. The molecule has 1 amide bonds. The predicted molar refractivity (Wildman–Crippen MR) is 171 cm³/mol. The van der Waals surface area contributed by atoms with Crippen LogP contribution in [-0.2, 0) is 24.3 Å². The Labute approximate surface area is 251 Å². The molecule has 0 unspecified atom stereocenters. The third-order valence-electron chi connectivity index (χ3n) is 8.05. The molecule has 2 aliphatic heterocycles. The number of aromatic nitrogens is 1. The number of nitriles is 1. The number of carbonyl (C=O) groups is 1. The lowest BCUT2D eigenvalue weighted by molar-refractivity contribution is -0.122. The molecule has 2 aromatic carbocycles. The van der Waals surface area contributed by atoms with Gasteiger partial charge in [-0.15, -0.1) is 0 Å². The largest absolute Gasteiger partial charge is 0.357 e. The first kappa shape index (κ1) is 28.8. The Kier molecular flexibility index (Phi) is 8.77. The predicted octanol–water partition coefficient (Wildman–Crippen LogP) is 6.22. The molecule has 2 saturated heterocycles. The Morgan fingerprint density at radius 3 is 2.34 bits per heavy atom. The fourth-order valence-corrected chi connectivity index (χ4v) is 6.95. The minimum Gasteiger partial charge on any atom is -0.357 e. The lowest BCUT2D eigenvalue weighted by Crippen LogP contribution is -2.39. The lowest BCUT2D eigenvalue weighted by atomic mass is 9.90. The van der Waals surface area contributed by atoms with Crippen LogP contribution >= 0.6 is 24.0 Å². The number of pyridine rings is 1. The van der Waals surface area contributed by atoms with Crippen LogP contribution in [0.25, 0.3) is 6.08 Å². The first-order valence-corrected chi connectivity index (χ1v) is 15.3. The van der Waals surface area contributed by atoms with Crippen molar-refractivity contribution >= 4 is 46.1 Å². The van der Waals surface area contributed by atoms with Gasteiger partial charge in [-0.3, -0.25) is 19.1 Å². The summed E-state index contributed by atoms with van der Waals surface area (Å²) in [4.78, 5) is 31.4. The molecule has 210 valence electrons. The highest BCUT2D eigenvalue weighted by atomic mass is 32.2. The second-order valence-corrected chi connectivity index (χ2v) is 12.4. The van der Waals surface area contributed by atoms with Crippen molar-refractivity contribution in [3.8, 4) is 6.07 Å². The van der Waals surface area contributed by atoms with Crippen molar-refractivity contribution in [3.63, 3.8) is 0 Å². The number of thioether (sulfide) groups is 1. The van der Waals surface area contributed by atoms with Crippen molar-refractivity contribution in [2.75, 3.05) is 18.0 Å². The van der Waals surface area contributed by atoms with Crippen molar-refractivity contribution < 1.29 is 4.79 Å². The van der Waals surface area contributed by atoms with Crippen LogP contribution in [0.3, 0.4) is 0 Å². The second kappa shape index (κ2) is 12.5. The summed E-state index contributed by atoms with van der Waals surface area (Å²) in [7, 11) is 0. The van der Waals surface area contributed by atoms with Crippen molar-refractivity contribution in [2.45, 2.75) is 53.1 Å². The van der Waals surface area contributed by atoms with Crippen molar-refractivity contribution in [3.05, 3.63) is 103 Å². The molecule has 8 heteroatoms. The summed E-state index contributed by atoms with van der Waals surface area (Å²) in [5.74, 6) is 1.20. The van der Waals surface area contributed by atoms with E-state index in [1.807, 2.05) is 57.2 Å². The van der Waals surface area contributed by atoms with Crippen molar-refractivity contribution in [1.82, 2.24) is 9.47 Å². The van der Waals surface area contributed by atoms with E-state index < -0.39 is 0 Å². The van der Waals surface area contributed by atoms with Gasteiger partial charge in [0.25, 0.3) is 11.5 Å². The fourth-order valence-electron chi connectivity index (χ4n) is 5.72. The molecular formula is C33H34N4O2S2. The molecule has 2 fully saturated rings. The van der Waals surface area contributed by atoms with Crippen LogP contribution in [0, 0.1) is 31.1 Å². The number of hydrogen-bond donors (Lipinski definition) is 0. The molecule has 3 aromatic rings. The minimum absolute atomic E-state index is 0.121. The number of thiocarbonyl (C=S) groups is 1. The smallest absolute Gasteiger partial charge is 0.270 e. The summed E-state index contributed by atoms with van der Waals surface area (Å²) >= 11 is 6.90. The molecule has 0 bridgehead atoms. The Morgan fingerprint density at radius 1 is 1.02 bits per heavy atom. The third kappa shape index (κ3) is 6.02. The van der Waals surface area contributed by atoms with E-state index in [4.69, 9.17) is 12.2 Å². The van der Waals surface area contributed by atoms with Gasteiger partial charge in [0.05, 0.1) is 11.4 Å². The van der Waals surface area contributed by atoms with Crippen molar-refractivity contribution in [2.24, 2.45) is 5.92 Å². The van der Waals surface area contributed by atoms with E-state index in [1.54, 1.807) is 9.47 Å². The molecule has 0 aliphatic carbocycles. The number of rotatable bonds is 7. The van der Waals surface area contributed by atoms with E-state index in [0.717, 1.165) is 54.9 Å². The van der Waals surface area contributed by atoms with Gasteiger partial charge < -0.3 is 4.90 Å². The van der Waals surface area contributed by atoms with Gasteiger partial charge in [0, 0.05) is 25.2 Å². The van der Waals surface area contributed by atoms with E-state index in [-0.39, 0.29) is 17.0 Å². The number of anilines is 1. The molecule has 0 saturated carbocycles. The Morgan fingerprint density at radius 2 is 1.71 bits per heavy atom. The van der Waals surface area contributed by atoms with Crippen LogP contribution in [0.15, 0.2) is 64.3 Å². The summed E-state index contributed by atoms with van der Waals surface area (Å²) in [6.07, 6.45) is 4.90. The van der Waals surface area contributed by atoms with E-state index in [0.29, 0.717) is 33.8 Å². The van der Waals surface area contributed by atoms with Crippen LogP contribution in [0.4, 0.5) is 5.82 Å². The summed E-state index contributed by atoms with van der Waals surface area (Å²) in [6.45, 7) is 8.21. The summed E-state index contributed by atoms with van der Waals surface area (Å²) in [5.41, 5.74) is 4.71. The molecule has 0 radical (unpaired) electrons. The van der Waals surface area contributed by atoms with Gasteiger partial charge >= 0.3 is 0 Å². The number of piperidine rings is 1. The van der Waals surface area contributed by atoms with Crippen LogP contribution < -0.4 is 10.5 Å². The highest BCUT2D eigenvalue weighted by Gasteiger charge is 2.34. The first-order valence-electron chi connectivity index (χ1n) is 14.1. The Bertz CT molecular complexity index is 1600. The van der Waals surface area contributed by atoms with Gasteiger partial charge in [-0.05, 0) is 68.7 Å². The van der Waals surface area contributed by atoms with E-state index in [2.05, 4.69) is 35.2 Å². The molecule has 0 atom stereocenters. The zero-order chi connectivity index (χ0) is 29.1. The van der Waals surface area contributed by atoms with Crippen LogP contribution in [-0.4, -0.2) is 32.8 Å². The third-order valence-corrected chi connectivity index (χ3v) is 9.43. The van der Waals surface area contributed by atoms with Gasteiger partial charge in [0.1, 0.15) is 21.8 Å². The van der Waals surface area contributed by atoms with Crippen LogP contribution in [0.1, 0.15) is 53.1 Å². The fraction of sp³-hybridized carbons (Fsp3) is 0.333. The number of nitrogens with zero attached hydrogens (tertiary/aromatic N) is 4. The van der Waals surface area contributed by atoms with E-state index >= 15 is 0 Å². The zero-order valence-corrected chi connectivity index (χ0v) is 25.4. The Hall–Kier alpha value is -3.67. The number of carbonyl (C=O) groups excluding carboxylic acids is 1. The lowest BCUT2D eigenvalue weighted by Gasteiger charge is -2.36. The van der Waals surface area contributed by atoms with E-state index in [9.17, 15) is 14.9 Å². The first-order chi connectivity index (χ1) is 19.8. The monoisotopic (exact) mass is 582 g/mol. The molecule has 0 N–H and O–H groups in total. The maximum atomic E-state index is 13.6.